The number of hydrogen-bond acceptors (Lipinski definition) is 4. The van der Waals surface area contributed by atoms with Crippen LogP contribution in [0.15, 0.2) is 12.1 Å². The molecule has 5 heteroatoms. The number of nitrogens with one attached hydrogen (secondary N) is 1. The average Bonchev–Trinajstić information content (AvgIpc) is 2.28. The fourth-order valence-corrected chi connectivity index (χ4v) is 1.59. The van der Waals surface area contributed by atoms with Crippen LogP contribution in [0.3, 0.4) is 0 Å². The van der Waals surface area contributed by atoms with Gasteiger partial charge in [0.2, 0.25) is 0 Å². The lowest BCUT2D eigenvalue weighted by Gasteiger charge is -2.16. The zero-order valence-electron chi connectivity index (χ0n) is 10.5. The first kappa shape index (κ1) is 14.1. The highest BCUT2D eigenvalue weighted by Crippen LogP contribution is 2.33. The van der Waals surface area contributed by atoms with Crippen molar-refractivity contribution in [2.45, 2.75) is 26.5 Å². The highest BCUT2D eigenvalue weighted by molar-refractivity contribution is 6.31. The molecule has 0 spiro atoms. The minimum atomic E-state index is 0.0771. The molecule has 0 amide bonds. The summed E-state index contributed by atoms with van der Waals surface area (Å²) in [7, 11) is 3.15. The molecule has 0 saturated heterocycles. The normalized spacial score (nSPS) is 10.7. The van der Waals surface area contributed by atoms with Gasteiger partial charge in [0.05, 0.1) is 20.3 Å². The van der Waals surface area contributed by atoms with E-state index in [1.165, 1.54) is 0 Å². The molecular weight excluding hydrogens is 242 g/mol. The summed E-state index contributed by atoms with van der Waals surface area (Å²) >= 11 is 6.12. The van der Waals surface area contributed by atoms with Gasteiger partial charge in [0.15, 0.2) is 11.5 Å². The molecule has 0 saturated carbocycles. The quantitative estimate of drug-likeness (QED) is 0.798. The maximum Gasteiger partial charge on any atom is 0.162 e. The maximum absolute atomic E-state index is 6.12. The van der Waals surface area contributed by atoms with Gasteiger partial charge in [-0.25, -0.2) is 0 Å². The van der Waals surface area contributed by atoms with E-state index in [2.05, 4.69) is 5.48 Å². The van der Waals surface area contributed by atoms with E-state index in [4.69, 9.17) is 25.9 Å². The Kier molecular flexibility index (Phi) is 5.55. The molecule has 1 rings (SSSR count). The molecule has 0 fully saturated rings. The Bertz CT molecular complexity index is 369. The number of benzene rings is 1. The van der Waals surface area contributed by atoms with E-state index in [0.717, 1.165) is 5.56 Å². The van der Waals surface area contributed by atoms with Gasteiger partial charge in [-0.3, -0.25) is 0 Å². The highest BCUT2D eigenvalue weighted by atomic mass is 35.5. The van der Waals surface area contributed by atoms with Crippen LogP contribution >= 0.6 is 11.6 Å². The van der Waals surface area contributed by atoms with Crippen molar-refractivity contribution in [3.63, 3.8) is 0 Å². The van der Waals surface area contributed by atoms with Crippen LogP contribution in [0.25, 0.3) is 0 Å². The smallest absolute Gasteiger partial charge is 0.162 e. The van der Waals surface area contributed by atoms with E-state index in [-0.39, 0.29) is 6.10 Å². The summed E-state index contributed by atoms with van der Waals surface area (Å²) in [6.45, 7) is 4.43. The fraction of sp³-hybridized carbons (Fsp3) is 0.500. The topological polar surface area (TPSA) is 39.7 Å². The molecule has 0 aliphatic carbocycles. The summed E-state index contributed by atoms with van der Waals surface area (Å²) in [5.41, 5.74) is 3.64. The molecule has 1 aromatic carbocycles. The Morgan fingerprint density at radius 1 is 1.24 bits per heavy atom. The molecule has 0 aliphatic heterocycles. The molecule has 17 heavy (non-hydrogen) atoms. The predicted octanol–water partition coefficient (Wildman–Crippen LogP) is 2.79. The molecule has 1 aromatic rings. The fourth-order valence-electron chi connectivity index (χ4n) is 1.37. The zero-order valence-corrected chi connectivity index (χ0v) is 11.3. The molecule has 0 aliphatic rings. The summed E-state index contributed by atoms with van der Waals surface area (Å²) < 4.78 is 10.9. The number of rotatable bonds is 6. The van der Waals surface area contributed by atoms with Gasteiger partial charge in [0, 0.05) is 17.6 Å². The molecule has 0 aromatic heterocycles. The summed E-state index contributed by atoms with van der Waals surface area (Å²) in [4.78, 5) is 4.80. The van der Waals surface area contributed by atoms with Crippen LogP contribution in [0.4, 0.5) is 0 Å². The van der Waals surface area contributed by atoms with Gasteiger partial charge in [-0.05, 0) is 25.5 Å². The van der Waals surface area contributed by atoms with Gasteiger partial charge in [0.25, 0.3) is 0 Å². The number of methoxy groups -OCH3 is 1. The summed E-state index contributed by atoms with van der Waals surface area (Å²) in [6.07, 6.45) is 0.0771. The maximum atomic E-state index is 6.12. The largest absolute Gasteiger partial charge is 0.493 e. The Balaban J connectivity index is 2.99. The van der Waals surface area contributed by atoms with Crippen molar-refractivity contribution in [3.8, 4) is 11.5 Å². The van der Waals surface area contributed by atoms with Crippen LogP contribution in [0, 0.1) is 0 Å². The first-order chi connectivity index (χ1) is 8.08. The van der Waals surface area contributed by atoms with Crippen molar-refractivity contribution in [2.75, 3.05) is 14.2 Å². The molecule has 4 nitrogen and oxygen atoms in total. The molecule has 0 bridgehead atoms. The van der Waals surface area contributed by atoms with Crippen molar-refractivity contribution < 1.29 is 14.3 Å². The van der Waals surface area contributed by atoms with E-state index < -0.39 is 0 Å². The van der Waals surface area contributed by atoms with Crippen molar-refractivity contribution >= 4 is 11.6 Å². The number of hydroxylamine groups is 1. The minimum absolute atomic E-state index is 0.0771. The summed E-state index contributed by atoms with van der Waals surface area (Å²) in [5, 5.41) is 0.613. The lowest BCUT2D eigenvalue weighted by atomic mass is 10.2. The number of halogens is 1. The Labute approximate surface area is 107 Å². The highest BCUT2D eigenvalue weighted by Gasteiger charge is 2.11. The first-order valence-corrected chi connectivity index (χ1v) is 5.75. The van der Waals surface area contributed by atoms with Gasteiger partial charge in [-0.2, -0.15) is 5.48 Å². The van der Waals surface area contributed by atoms with E-state index in [9.17, 15) is 0 Å². The Morgan fingerprint density at radius 2 is 1.94 bits per heavy atom. The monoisotopic (exact) mass is 259 g/mol. The number of hydrogen-bond donors (Lipinski definition) is 1. The second-order valence-electron chi connectivity index (χ2n) is 3.79. The third-order valence-corrected chi connectivity index (χ3v) is 2.45. The lowest BCUT2D eigenvalue weighted by molar-refractivity contribution is 0.0866. The van der Waals surface area contributed by atoms with Crippen LogP contribution in [0.2, 0.25) is 5.02 Å². The van der Waals surface area contributed by atoms with E-state index in [1.54, 1.807) is 20.3 Å². The van der Waals surface area contributed by atoms with Crippen molar-refractivity contribution in [3.05, 3.63) is 22.7 Å². The van der Waals surface area contributed by atoms with E-state index in [0.29, 0.717) is 23.1 Å². The van der Waals surface area contributed by atoms with Crippen molar-refractivity contribution in [2.24, 2.45) is 0 Å². The predicted molar refractivity (Wildman–Crippen MR) is 67.6 cm³/mol. The molecule has 0 unspecified atom stereocenters. The second kappa shape index (κ2) is 6.69. The van der Waals surface area contributed by atoms with Gasteiger partial charge in [-0.1, -0.05) is 11.6 Å². The third-order valence-electron chi connectivity index (χ3n) is 2.10. The van der Waals surface area contributed by atoms with Crippen LogP contribution < -0.4 is 15.0 Å². The molecule has 0 atom stereocenters. The molecule has 1 N–H and O–H groups in total. The van der Waals surface area contributed by atoms with Crippen LogP contribution in [-0.2, 0) is 11.4 Å². The number of ether oxygens (including phenoxy) is 2. The molecular formula is C12H18ClNO3. The standard InChI is InChI=1S/C12H18ClNO3/c1-8(2)17-12-5-9(7-14-16-4)10(13)6-11(12)15-3/h5-6,8,14H,7H2,1-4H3. The van der Waals surface area contributed by atoms with Crippen LogP contribution in [-0.4, -0.2) is 20.3 Å². The van der Waals surface area contributed by atoms with E-state index >= 15 is 0 Å². The van der Waals surface area contributed by atoms with E-state index in [1.807, 2.05) is 19.9 Å². The van der Waals surface area contributed by atoms with Crippen molar-refractivity contribution in [1.82, 2.24) is 5.48 Å². The van der Waals surface area contributed by atoms with Crippen molar-refractivity contribution in [1.29, 1.82) is 0 Å². The molecule has 0 radical (unpaired) electrons. The van der Waals surface area contributed by atoms with Gasteiger partial charge in [0.1, 0.15) is 0 Å². The molecule has 96 valence electrons. The first-order valence-electron chi connectivity index (χ1n) is 5.37. The minimum Gasteiger partial charge on any atom is -0.493 e. The summed E-state index contributed by atoms with van der Waals surface area (Å²) in [5.74, 6) is 1.31. The summed E-state index contributed by atoms with van der Waals surface area (Å²) in [6, 6.07) is 3.60. The molecule has 0 heterocycles. The van der Waals surface area contributed by atoms with Crippen LogP contribution in [0.5, 0.6) is 11.5 Å². The average molecular weight is 260 g/mol. The van der Waals surface area contributed by atoms with Gasteiger partial charge < -0.3 is 14.3 Å². The SMILES string of the molecule is CONCc1cc(OC(C)C)c(OC)cc1Cl. The second-order valence-corrected chi connectivity index (χ2v) is 4.19. The Hall–Kier alpha value is -0.970. The zero-order chi connectivity index (χ0) is 12.8. The van der Waals surface area contributed by atoms with Gasteiger partial charge in [-0.15, -0.1) is 0 Å². The third kappa shape index (κ3) is 4.07. The van der Waals surface area contributed by atoms with Gasteiger partial charge >= 0.3 is 0 Å². The Morgan fingerprint density at radius 3 is 2.47 bits per heavy atom. The van der Waals surface area contributed by atoms with Crippen LogP contribution in [0.1, 0.15) is 19.4 Å². The lowest BCUT2D eigenvalue weighted by Crippen LogP contribution is -2.12.